The normalized spacial score (nSPS) is 14.2. The molecule has 0 amide bonds. The van der Waals surface area contributed by atoms with Crippen molar-refractivity contribution in [1.82, 2.24) is 0 Å². The number of ketones is 1. The first-order valence-electron chi connectivity index (χ1n) is 6.89. The Bertz CT molecular complexity index is 682. The van der Waals surface area contributed by atoms with Crippen LogP contribution in [-0.2, 0) is 20.2 Å². The van der Waals surface area contributed by atoms with E-state index in [0.29, 0.717) is 19.9 Å². The number of esters is 1. The first-order chi connectivity index (χ1) is 11.1. The van der Waals surface area contributed by atoms with E-state index < -0.39 is 46.9 Å². The molecule has 1 aromatic rings. The number of carbonyl (C=O) groups is 2. The minimum atomic E-state index is -5.48. The largest absolute Gasteiger partial charge is 0.490 e. The van der Waals surface area contributed by atoms with Crippen molar-refractivity contribution in [3.63, 3.8) is 0 Å². The Balaban J connectivity index is 3.27. The SMILES string of the molecule is C[C@@H](N)c1cccc(C(F)(F)C(=O)C(C)(C)OC(=O)C(F)(F)F)c1F. The molecule has 25 heavy (non-hydrogen) atoms. The summed E-state index contributed by atoms with van der Waals surface area (Å²) in [7, 11) is 0. The Labute approximate surface area is 138 Å². The fourth-order valence-corrected chi connectivity index (χ4v) is 1.98. The van der Waals surface area contributed by atoms with Crippen LogP contribution in [0.2, 0.25) is 0 Å². The molecular weight excluding hydrogens is 356 g/mol. The molecule has 10 heteroatoms. The highest BCUT2D eigenvalue weighted by atomic mass is 19.4. The van der Waals surface area contributed by atoms with Crippen LogP contribution in [0.1, 0.15) is 37.9 Å². The molecule has 0 aliphatic rings. The quantitative estimate of drug-likeness (QED) is 0.636. The summed E-state index contributed by atoms with van der Waals surface area (Å²) in [5, 5.41) is 0. The van der Waals surface area contributed by atoms with Gasteiger partial charge in [0.05, 0.1) is 5.56 Å². The van der Waals surface area contributed by atoms with Crippen molar-refractivity contribution in [2.45, 2.75) is 44.5 Å². The van der Waals surface area contributed by atoms with E-state index in [0.717, 1.165) is 12.1 Å². The zero-order chi connectivity index (χ0) is 19.8. The molecule has 2 N–H and O–H groups in total. The van der Waals surface area contributed by atoms with Gasteiger partial charge in [0.25, 0.3) is 0 Å². The van der Waals surface area contributed by atoms with Crippen LogP contribution in [0, 0.1) is 5.82 Å². The average Bonchev–Trinajstić information content (AvgIpc) is 2.44. The summed E-state index contributed by atoms with van der Waals surface area (Å²) in [4.78, 5) is 22.8. The topological polar surface area (TPSA) is 69.4 Å². The van der Waals surface area contributed by atoms with Gasteiger partial charge in [-0.05, 0) is 26.8 Å². The molecule has 0 heterocycles. The van der Waals surface area contributed by atoms with Gasteiger partial charge in [0.15, 0.2) is 5.60 Å². The van der Waals surface area contributed by atoms with Gasteiger partial charge >= 0.3 is 18.1 Å². The number of hydrogen-bond acceptors (Lipinski definition) is 4. The molecule has 0 aromatic heterocycles. The number of Topliss-reactive ketones (excluding diaryl/α,β-unsaturated/α-hetero) is 1. The van der Waals surface area contributed by atoms with E-state index in [9.17, 15) is 35.9 Å². The van der Waals surface area contributed by atoms with Gasteiger partial charge < -0.3 is 10.5 Å². The highest BCUT2D eigenvalue weighted by Gasteiger charge is 2.54. The number of hydrogen-bond donors (Lipinski definition) is 1. The third-order valence-corrected chi connectivity index (χ3v) is 3.27. The predicted molar refractivity (Wildman–Crippen MR) is 74.1 cm³/mol. The van der Waals surface area contributed by atoms with E-state index in [2.05, 4.69) is 4.74 Å². The Morgan fingerprint density at radius 3 is 2.08 bits per heavy atom. The molecule has 0 spiro atoms. The van der Waals surface area contributed by atoms with Crippen molar-refractivity contribution in [1.29, 1.82) is 0 Å². The predicted octanol–water partition coefficient (Wildman–Crippen LogP) is 3.39. The molecule has 0 fully saturated rings. The first-order valence-corrected chi connectivity index (χ1v) is 6.89. The molecule has 0 unspecified atom stereocenters. The summed E-state index contributed by atoms with van der Waals surface area (Å²) >= 11 is 0. The maximum Gasteiger partial charge on any atom is 0.490 e. The third-order valence-electron chi connectivity index (χ3n) is 3.27. The van der Waals surface area contributed by atoms with Gasteiger partial charge in [-0.2, -0.15) is 22.0 Å². The Kier molecular flexibility index (Phi) is 5.58. The van der Waals surface area contributed by atoms with Crippen LogP contribution >= 0.6 is 0 Å². The van der Waals surface area contributed by atoms with Gasteiger partial charge in [-0.3, -0.25) is 4.79 Å². The van der Waals surface area contributed by atoms with Crippen LogP contribution in [0.25, 0.3) is 0 Å². The fraction of sp³-hybridized carbons (Fsp3) is 0.467. The smallest absolute Gasteiger partial charge is 0.445 e. The summed E-state index contributed by atoms with van der Waals surface area (Å²) in [6, 6.07) is 1.77. The van der Waals surface area contributed by atoms with Crippen molar-refractivity contribution in [2.24, 2.45) is 5.73 Å². The second-order valence-electron chi connectivity index (χ2n) is 5.80. The van der Waals surface area contributed by atoms with Crippen molar-refractivity contribution in [3.05, 3.63) is 35.1 Å². The molecule has 0 saturated carbocycles. The number of nitrogens with two attached hydrogens (primary N) is 1. The molecule has 0 bridgehead atoms. The average molecular weight is 371 g/mol. The number of halogens is 6. The summed E-state index contributed by atoms with van der Waals surface area (Å²) in [5.41, 5.74) is 0.902. The van der Waals surface area contributed by atoms with E-state index >= 15 is 0 Å². The molecule has 1 atom stereocenters. The summed E-state index contributed by atoms with van der Waals surface area (Å²) in [6.45, 7) is 2.43. The molecule has 1 rings (SSSR count). The number of carbonyl (C=O) groups excluding carboxylic acids is 2. The number of ether oxygens (including phenoxy) is 1. The second-order valence-corrected chi connectivity index (χ2v) is 5.80. The van der Waals surface area contributed by atoms with Gasteiger partial charge in [-0.15, -0.1) is 0 Å². The molecule has 140 valence electrons. The zero-order valence-electron chi connectivity index (χ0n) is 13.4. The van der Waals surface area contributed by atoms with Crippen molar-refractivity contribution in [3.8, 4) is 0 Å². The van der Waals surface area contributed by atoms with Gasteiger partial charge in [-0.25, -0.2) is 9.18 Å². The van der Waals surface area contributed by atoms with Gasteiger partial charge in [0.2, 0.25) is 5.78 Å². The second kappa shape index (κ2) is 6.66. The van der Waals surface area contributed by atoms with Crippen molar-refractivity contribution < 1.29 is 40.7 Å². The highest BCUT2D eigenvalue weighted by Crippen LogP contribution is 2.38. The maximum atomic E-state index is 14.4. The maximum absolute atomic E-state index is 14.4. The number of alkyl halides is 5. The summed E-state index contributed by atoms with van der Waals surface area (Å²) in [6.07, 6.45) is -5.48. The van der Waals surface area contributed by atoms with E-state index in [4.69, 9.17) is 5.73 Å². The molecular formula is C15H15F6NO3. The van der Waals surface area contributed by atoms with E-state index in [1.54, 1.807) is 0 Å². The molecule has 0 aliphatic carbocycles. The van der Waals surface area contributed by atoms with E-state index in [1.165, 1.54) is 6.92 Å². The van der Waals surface area contributed by atoms with Gasteiger partial charge in [0, 0.05) is 11.6 Å². The molecule has 1 aromatic carbocycles. The van der Waals surface area contributed by atoms with Crippen LogP contribution in [-0.4, -0.2) is 23.5 Å². The minimum absolute atomic E-state index is 0.310. The minimum Gasteiger partial charge on any atom is -0.445 e. The van der Waals surface area contributed by atoms with Crippen LogP contribution < -0.4 is 5.73 Å². The van der Waals surface area contributed by atoms with Crippen LogP contribution in [0.3, 0.4) is 0 Å². The molecule has 0 saturated heterocycles. The monoisotopic (exact) mass is 371 g/mol. The van der Waals surface area contributed by atoms with Crippen molar-refractivity contribution in [2.75, 3.05) is 0 Å². The lowest BCUT2D eigenvalue weighted by Gasteiger charge is -2.29. The van der Waals surface area contributed by atoms with Gasteiger partial charge in [0.1, 0.15) is 5.82 Å². The summed E-state index contributed by atoms with van der Waals surface area (Å²) in [5.74, 6) is -11.0. The van der Waals surface area contributed by atoms with Crippen LogP contribution in [0.15, 0.2) is 18.2 Å². The van der Waals surface area contributed by atoms with Crippen molar-refractivity contribution >= 4 is 11.8 Å². The van der Waals surface area contributed by atoms with E-state index in [-0.39, 0.29) is 5.56 Å². The third kappa shape index (κ3) is 4.30. The zero-order valence-corrected chi connectivity index (χ0v) is 13.4. The standard InChI is InChI=1S/C15H15F6NO3/c1-7(22)8-5-4-6-9(10(8)16)14(17,18)11(23)13(2,3)25-12(24)15(19,20)21/h4-7H,22H2,1-3H3/t7-/m1/s1. The molecule has 0 radical (unpaired) electrons. The first kappa shape index (κ1) is 20.9. The summed E-state index contributed by atoms with van der Waals surface area (Å²) < 4.78 is 83.5. The lowest BCUT2D eigenvalue weighted by molar-refractivity contribution is -0.215. The van der Waals surface area contributed by atoms with Crippen LogP contribution in [0.5, 0.6) is 0 Å². The lowest BCUT2D eigenvalue weighted by atomic mass is 9.91. The van der Waals surface area contributed by atoms with Gasteiger partial charge in [-0.1, -0.05) is 12.1 Å². The van der Waals surface area contributed by atoms with E-state index in [1.807, 2.05) is 0 Å². The number of benzene rings is 1. The highest BCUT2D eigenvalue weighted by molar-refractivity contribution is 5.95. The lowest BCUT2D eigenvalue weighted by Crippen LogP contribution is -2.48. The number of rotatable bonds is 5. The molecule has 4 nitrogen and oxygen atoms in total. The Morgan fingerprint density at radius 2 is 1.64 bits per heavy atom. The Hall–Kier alpha value is -2.10. The Morgan fingerprint density at radius 1 is 1.12 bits per heavy atom. The fourth-order valence-electron chi connectivity index (χ4n) is 1.98. The molecule has 0 aliphatic heterocycles. The van der Waals surface area contributed by atoms with Crippen LogP contribution in [0.4, 0.5) is 26.3 Å².